The Balaban J connectivity index is 1.51. The van der Waals surface area contributed by atoms with Crippen LogP contribution in [-0.4, -0.2) is 41.9 Å². The molecule has 0 aliphatic carbocycles. The number of nitrogens with zero attached hydrogens (tertiary/aromatic N) is 2. The first kappa shape index (κ1) is 14.9. The van der Waals surface area contributed by atoms with Gasteiger partial charge in [0.2, 0.25) is 5.91 Å². The molecule has 4 heteroatoms. The number of carbonyl (C=O) groups excluding carboxylic acids is 1. The van der Waals surface area contributed by atoms with Crippen molar-refractivity contribution in [2.45, 2.75) is 32.2 Å². The number of carbonyl (C=O) groups is 1. The standard InChI is InChI=1S/C17H23ClN2O/c18-16-6-2-1-5-15(16)13-19-11-7-14(8-12-19)17(21)20-9-3-4-10-20/h1-2,5-6,14H,3-4,7-13H2. The Morgan fingerprint density at radius 1 is 1.10 bits per heavy atom. The minimum absolute atomic E-state index is 0.241. The van der Waals surface area contributed by atoms with Crippen LogP contribution in [0, 0.1) is 5.92 Å². The molecule has 3 rings (SSSR count). The number of hydrogen-bond acceptors (Lipinski definition) is 2. The Morgan fingerprint density at radius 2 is 1.76 bits per heavy atom. The molecule has 3 nitrogen and oxygen atoms in total. The van der Waals surface area contributed by atoms with E-state index in [9.17, 15) is 4.79 Å². The molecule has 0 atom stereocenters. The van der Waals surface area contributed by atoms with Crippen molar-refractivity contribution in [3.05, 3.63) is 34.9 Å². The fraction of sp³-hybridized carbons (Fsp3) is 0.588. The third-order valence-electron chi connectivity index (χ3n) is 4.71. The molecule has 2 aliphatic heterocycles. The zero-order valence-corrected chi connectivity index (χ0v) is 13.2. The molecular formula is C17H23ClN2O. The molecule has 2 heterocycles. The van der Waals surface area contributed by atoms with Gasteiger partial charge in [-0.25, -0.2) is 0 Å². The molecule has 21 heavy (non-hydrogen) atoms. The average Bonchev–Trinajstić information content (AvgIpc) is 3.04. The molecule has 2 fully saturated rings. The molecule has 0 bridgehead atoms. The van der Waals surface area contributed by atoms with Gasteiger partial charge in [-0.05, 0) is 50.4 Å². The van der Waals surface area contributed by atoms with E-state index in [1.165, 1.54) is 18.4 Å². The second-order valence-electron chi connectivity index (χ2n) is 6.17. The van der Waals surface area contributed by atoms with Crippen LogP contribution in [0.2, 0.25) is 5.02 Å². The van der Waals surface area contributed by atoms with Gasteiger partial charge >= 0.3 is 0 Å². The van der Waals surface area contributed by atoms with E-state index < -0.39 is 0 Å². The summed E-state index contributed by atoms with van der Waals surface area (Å²) in [6, 6.07) is 8.03. The lowest BCUT2D eigenvalue weighted by Gasteiger charge is -2.33. The molecular weight excluding hydrogens is 284 g/mol. The van der Waals surface area contributed by atoms with Crippen LogP contribution < -0.4 is 0 Å². The number of amides is 1. The zero-order chi connectivity index (χ0) is 14.7. The molecule has 0 aromatic heterocycles. The molecule has 0 N–H and O–H groups in total. The Kier molecular flexibility index (Phi) is 4.81. The second kappa shape index (κ2) is 6.80. The van der Waals surface area contributed by atoms with Gasteiger partial charge in [0.05, 0.1) is 0 Å². The number of piperidine rings is 1. The number of benzene rings is 1. The molecule has 0 saturated carbocycles. The maximum atomic E-state index is 12.4. The van der Waals surface area contributed by atoms with Gasteiger partial charge < -0.3 is 4.90 Å². The van der Waals surface area contributed by atoms with Crippen LogP contribution >= 0.6 is 11.6 Å². The maximum Gasteiger partial charge on any atom is 0.225 e. The summed E-state index contributed by atoms with van der Waals surface area (Å²) in [5.74, 6) is 0.635. The van der Waals surface area contributed by atoms with Crippen LogP contribution in [0.15, 0.2) is 24.3 Å². The van der Waals surface area contributed by atoms with Crippen LogP contribution in [0.5, 0.6) is 0 Å². The monoisotopic (exact) mass is 306 g/mol. The topological polar surface area (TPSA) is 23.6 Å². The predicted octanol–water partition coefficient (Wildman–Crippen LogP) is 3.17. The van der Waals surface area contributed by atoms with Gasteiger partial charge in [-0.3, -0.25) is 9.69 Å². The minimum atomic E-state index is 0.241. The van der Waals surface area contributed by atoms with Crippen molar-refractivity contribution in [3.63, 3.8) is 0 Å². The van der Waals surface area contributed by atoms with Crippen molar-refractivity contribution < 1.29 is 4.79 Å². The normalized spacial score (nSPS) is 20.9. The summed E-state index contributed by atoms with van der Waals surface area (Å²) in [5, 5.41) is 0.841. The van der Waals surface area contributed by atoms with Crippen molar-refractivity contribution in [2.24, 2.45) is 5.92 Å². The fourth-order valence-electron chi connectivity index (χ4n) is 3.40. The fourth-order valence-corrected chi connectivity index (χ4v) is 3.60. The minimum Gasteiger partial charge on any atom is -0.342 e. The van der Waals surface area contributed by atoms with Crippen LogP contribution in [-0.2, 0) is 11.3 Å². The Labute approximate surface area is 131 Å². The van der Waals surface area contributed by atoms with E-state index in [2.05, 4.69) is 15.9 Å². The highest BCUT2D eigenvalue weighted by atomic mass is 35.5. The quantitative estimate of drug-likeness (QED) is 0.856. The smallest absolute Gasteiger partial charge is 0.225 e. The number of hydrogen-bond donors (Lipinski definition) is 0. The van der Waals surface area contributed by atoms with Crippen molar-refractivity contribution in [1.29, 1.82) is 0 Å². The predicted molar refractivity (Wildman–Crippen MR) is 85.3 cm³/mol. The van der Waals surface area contributed by atoms with Crippen molar-refractivity contribution in [2.75, 3.05) is 26.2 Å². The molecule has 114 valence electrons. The number of rotatable bonds is 3. The van der Waals surface area contributed by atoms with Gasteiger partial charge in [0.15, 0.2) is 0 Å². The molecule has 1 aromatic rings. The van der Waals surface area contributed by atoms with Gasteiger partial charge in [0.1, 0.15) is 0 Å². The Morgan fingerprint density at radius 3 is 2.43 bits per heavy atom. The lowest BCUT2D eigenvalue weighted by Crippen LogP contribution is -2.41. The summed E-state index contributed by atoms with van der Waals surface area (Å²) in [6.45, 7) is 4.83. The first-order valence-electron chi connectivity index (χ1n) is 7.98. The van der Waals surface area contributed by atoms with E-state index >= 15 is 0 Å². The Hall–Kier alpha value is -1.06. The Bertz CT molecular complexity index is 491. The zero-order valence-electron chi connectivity index (χ0n) is 12.4. The lowest BCUT2D eigenvalue weighted by molar-refractivity contribution is -0.136. The van der Waals surface area contributed by atoms with Gasteiger partial charge in [0.25, 0.3) is 0 Å². The van der Waals surface area contributed by atoms with Crippen LogP contribution in [0.4, 0.5) is 0 Å². The molecule has 2 aliphatic rings. The average molecular weight is 307 g/mol. The van der Waals surface area contributed by atoms with Gasteiger partial charge in [-0.15, -0.1) is 0 Å². The largest absolute Gasteiger partial charge is 0.342 e. The second-order valence-corrected chi connectivity index (χ2v) is 6.58. The van der Waals surface area contributed by atoms with Crippen molar-refractivity contribution in [3.8, 4) is 0 Å². The molecule has 0 radical (unpaired) electrons. The summed E-state index contributed by atoms with van der Waals surface area (Å²) in [7, 11) is 0. The molecule has 2 saturated heterocycles. The third kappa shape index (κ3) is 3.58. The first-order chi connectivity index (χ1) is 10.2. The highest BCUT2D eigenvalue weighted by molar-refractivity contribution is 6.31. The molecule has 1 amide bonds. The van der Waals surface area contributed by atoms with Crippen molar-refractivity contribution >= 4 is 17.5 Å². The summed E-state index contributed by atoms with van der Waals surface area (Å²) in [6.07, 6.45) is 4.33. The van der Waals surface area contributed by atoms with Gasteiger partial charge in [0, 0.05) is 30.6 Å². The van der Waals surface area contributed by atoms with E-state index in [0.717, 1.165) is 50.6 Å². The number of likely N-dealkylation sites (tertiary alicyclic amines) is 2. The van der Waals surface area contributed by atoms with Crippen LogP contribution in [0.3, 0.4) is 0 Å². The van der Waals surface area contributed by atoms with Crippen LogP contribution in [0.1, 0.15) is 31.2 Å². The highest BCUT2D eigenvalue weighted by Crippen LogP contribution is 2.24. The van der Waals surface area contributed by atoms with Gasteiger partial charge in [-0.1, -0.05) is 29.8 Å². The van der Waals surface area contributed by atoms with E-state index in [-0.39, 0.29) is 5.92 Å². The van der Waals surface area contributed by atoms with E-state index in [1.54, 1.807) is 0 Å². The highest BCUT2D eigenvalue weighted by Gasteiger charge is 2.29. The number of halogens is 1. The summed E-state index contributed by atoms with van der Waals surface area (Å²) >= 11 is 6.22. The molecule has 1 aromatic carbocycles. The summed E-state index contributed by atoms with van der Waals surface area (Å²) in [4.78, 5) is 16.9. The third-order valence-corrected chi connectivity index (χ3v) is 5.08. The van der Waals surface area contributed by atoms with E-state index in [4.69, 9.17) is 11.6 Å². The van der Waals surface area contributed by atoms with Crippen molar-refractivity contribution in [1.82, 2.24) is 9.80 Å². The van der Waals surface area contributed by atoms with E-state index in [0.29, 0.717) is 5.91 Å². The summed E-state index contributed by atoms with van der Waals surface area (Å²) < 4.78 is 0. The SMILES string of the molecule is O=C(C1CCN(Cc2ccccc2Cl)CC1)N1CCCC1. The first-order valence-corrected chi connectivity index (χ1v) is 8.36. The van der Waals surface area contributed by atoms with Crippen LogP contribution in [0.25, 0.3) is 0 Å². The summed E-state index contributed by atoms with van der Waals surface area (Å²) in [5.41, 5.74) is 1.18. The van der Waals surface area contributed by atoms with E-state index in [1.807, 2.05) is 18.2 Å². The lowest BCUT2D eigenvalue weighted by atomic mass is 9.95. The molecule has 0 spiro atoms. The van der Waals surface area contributed by atoms with Gasteiger partial charge in [-0.2, -0.15) is 0 Å². The molecule has 0 unspecified atom stereocenters. The maximum absolute atomic E-state index is 12.4.